The molecule has 1 aromatic carbocycles. The van der Waals surface area contributed by atoms with E-state index in [-0.39, 0.29) is 0 Å². The number of morpholine rings is 1. The van der Waals surface area contributed by atoms with Crippen molar-refractivity contribution in [3.63, 3.8) is 0 Å². The summed E-state index contributed by atoms with van der Waals surface area (Å²) in [6, 6.07) is 7.50. The molecule has 2 aromatic heterocycles. The SMILES string of the molecule is N/C=C\c1ccc(C(N)=O)cc1-c1nc(N2CCOCC2)c2cc(CN3CCNCC3)sc2n1. The van der Waals surface area contributed by atoms with Gasteiger partial charge in [-0.05, 0) is 36.0 Å². The summed E-state index contributed by atoms with van der Waals surface area (Å²) in [5.41, 5.74) is 13.2. The van der Waals surface area contributed by atoms with Gasteiger partial charge < -0.3 is 26.4 Å². The maximum absolute atomic E-state index is 11.9. The van der Waals surface area contributed by atoms with Crippen LogP contribution in [0.1, 0.15) is 20.8 Å². The number of rotatable bonds is 6. The van der Waals surface area contributed by atoms with Crippen LogP contribution < -0.4 is 21.7 Å². The first-order valence-corrected chi connectivity index (χ1v) is 12.3. The lowest BCUT2D eigenvalue weighted by molar-refractivity contribution is 0.100. The zero-order valence-electron chi connectivity index (χ0n) is 19.0. The molecule has 1 amide bonds. The number of nitrogens with two attached hydrogens (primary N) is 2. The maximum atomic E-state index is 11.9. The average molecular weight is 480 g/mol. The highest BCUT2D eigenvalue weighted by Gasteiger charge is 2.22. The average Bonchev–Trinajstić information content (AvgIpc) is 3.27. The molecule has 0 bridgehead atoms. The van der Waals surface area contributed by atoms with Gasteiger partial charge in [-0.25, -0.2) is 9.97 Å². The van der Waals surface area contributed by atoms with E-state index >= 15 is 0 Å². The number of aromatic nitrogens is 2. The molecule has 2 aliphatic heterocycles. The number of nitrogens with one attached hydrogen (secondary N) is 1. The highest BCUT2D eigenvalue weighted by molar-refractivity contribution is 7.18. The van der Waals surface area contributed by atoms with Gasteiger partial charge in [-0.15, -0.1) is 11.3 Å². The van der Waals surface area contributed by atoms with Gasteiger partial charge >= 0.3 is 0 Å². The summed E-state index contributed by atoms with van der Waals surface area (Å²) < 4.78 is 5.58. The first-order chi connectivity index (χ1) is 16.6. The first kappa shape index (κ1) is 22.7. The molecule has 34 heavy (non-hydrogen) atoms. The van der Waals surface area contributed by atoms with Crippen LogP contribution in [0.5, 0.6) is 0 Å². The van der Waals surface area contributed by atoms with Crippen LogP contribution in [0.2, 0.25) is 0 Å². The molecule has 0 spiro atoms. The second kappa shape index (κ2) is 10.1. The second-order valence-electron chi connectivity index (χ2n) is 8.45. The fraction of sp³-hybridized carbons (Fsp3) is 0.375. The van der Waals surface area contributed by atoms with Crippen molar-refractivity contribution in [2.75, 3.05) is 57.4 Å². The van der Waals surface area contributed by atoms with E-state index in [4.69, 9.17) is 26.2 Å². The Labute approximate surface area is 202 Å². The van der Waals surface area contributed by atoms with Crippen molar-refractivity contribution in [3.05, 3.63) is 46.5 Å². The van der Waals surface area contributed by atoms with Crippen LogP contribution in [0.4, 0.5) is 5.82 Å². The van der Waals surface area contributed by atoms with Crippen molar-refractivity contribution in [2.24, 2.45) is 11.5 Å². The molecule has 2 saturated heterocycles. The number of hydrogen-bond donors (Lipinski definition) is 3. The Morgan fingerprint density at radius 3 is 2.68 bits per heavy atom. The summed E-state index contributed by atoms with van der Waals surface area (Å²) in [7, 11) is 0. The molecule has 2 aliphatic rings. The van der Waals surface area contributed by atoms with Crippen LogP contribution in [0.25, 0.3) is 27.7 Å². The number of benzene rings is 1. The monoisotopic (exact) mass is 479 g/mol. The number of amides is 1. The minimum atomic E-state index is -0.492. The summed E-state index contributed by atoms with van der Waals surface area (Å²) in [6.07, 6.45) is 3.26. The number of thiophene rings is 1. The predicted molar refractivity (Wildman–Crippen MR) is 136 cm³/mol. The van der Waals surface area contributed by atoms with Crippen molar-refractivity contribution in [1.82, 2.24) is 20.2 Å². The first-order valence-electron chi connectivity index (χ1n) is 11.5. The number of piperazine rings is 1. The molecular formula is C24H29N7O2S. The third-order valence-corrected chi connectivity index (χ3v) is 7.19. The molecule has 0 radical (unpaired) electrons. The Hall–Kier alpha value is -3.05. The van der Waals surface area contributed by atoms with Crippen molar-refractivity contribution in [3.8, 4) is 11.4 Å². The molecule has 10 heteroatoms. The van der Waals surface area contributed by atoms with Crippen molar-refractivity contribution in [1.29, 1.82) is 0 Å². The Morgan fingerprint density at radius 2 is 1.94 bits per heavy atom. The van der Waals surface area contributed by atoms with Crippen LogP contribution in [0.15, 0.2) is 30.5 Å². The van der Waals surface area contributed by atoms with E-state index in [2.05, 4.69) is 21.2 Å². The fourth-order valence-electron chi connectivity index (χ4n) is 4.41. The van der Waals surface area contributed by atoms with Gasteiger partial charge in [-0.3, -0.25) is 9.69 Å². The molecule has 5 rings (SSSR count). The van der Waals surface area contributed by atoms with E-state index < -0.39 is 5.91 Å². The number of fused-ring (bicyclic) bond motifs is 1. The highest BCUT2D eigenvalue weighted by Crippen LogP contribution is 2.35. The smallest absolute Gasteiger partial charge is 0.248 e. The quantitative estimate of drug-likeness (QED) is 0.488. The molecule has 4 heterocycles. The van der Waals surface area contributed by atoms with Crippen LogP contribution in [0.3, 0.4) is 0 Å². The molecule has 2 fully saturated rings. The van der Waals surface area contributed by atoms with Gasteiger partial charge in [0.2, 0.25) is 5.91 Å². The topological polar surface area (TPSA) is 123 Å². The zero-order valence-corrected chi connectivity index (χ0v) is 19.8. The van der Waals surface area contributed by atoms with Crippen molar-refractivity contribution < 1.29 is 9.53 Å². The number of nitrogens with zero attached hydrogens (tertiary/aromatic N) is 4. The Kier molecular flexibility index (Phi) is 6.73. The third kappa shape index (κ3) is 4.76. The number of carbonyl (C=O) groups is 1. The lowest BCUT2D eigenvalue weighted by Gasteiger charge is -2.28. The molecule has 9 nitrogen and oxygen atoms in total. The summed E-state index contributed by atoms with van der Waals surface area (Å²) in [5, 5.41) is 4.46. The summed E-state index contributed by atoms with van der Waals surface area (Å²) in [5.74, 6) is 0.965. The van der Waals surface area contributed by atoms with E-state index in [9.17, 15) is 4.79 Å². The number of hydrogen-bond acceptors (Lipinski definition) is 9. The maximum Gasteiger partial charge on any atom is 0.248 e. The van der Waals surface area contributed by atoms with Gasteiger partial charge in [0.15, 0.2) is 5.82 Å². The number of carbonyl (C=O) groups excluding carboxylic acids is 1. The Morgan fingerprint density at radius 1 is 1.15 bits per heavy atom. The second-order valence-corrected chi connectivity index (χ2v) is 9.57. The number of primary amides is 1. The van der Waals surface area contributed by atoms with Crippen LogP contribution in [0, 0.1) is 0 Å². The van der Waals surface area contributed by atoms with Crippen LogP contribution >= 0.6 is 11.3 Å². The number of ether oxygens (including phenoxy) is 1. The zero-order chi connectivity index (χ0) is 23.5. The van der Waals surface area contributed by atoms with Crippen LogP contribution in [-0.2, 0) is 11.3 Å². The molecular weight excluding hydrogens is 450 g/mol. The molecule has 178 valence electrons. The fourth-order valence-corrected chi connectivity index (χ4v) is 5.48. The van der Waals surface area contributed by atoms with E-state index in [1.807, 2.05) is 6.07 Å². The normalized spacial score (nSPS) is 17.6. The minimum absolute atomic E-state index is 0.409. The molecule has 3 aromatic rings. The predicted octanol–water partition coefficient (Wildman–Crippen LogP) is 1.63. The minimum Gasteiger partial charge on any atom is -0.405 e. The lowest BCUT2D eigenvalue weighted by atomic mass is 10.0. The van der Waals surface area contributed by atoms with Crippen molar-refractivity contribution in [2.45, 2.75) is 6.54 Å². The van der Waals surface area contributed by atoms with Gasteiger partial charge in [-0.1, -0.05) is 6.07 Å². The summed E-state index contributed by atoms with van der Waals surface area (Å²) in [4.78, 5) is 28.8. The summed E-state index contributed by atoms with van der Waals surface area (Å²) >= 11 is 1.70. The van der Waals surface area contributed by atoms with Gasteiger partial charge in [0.1, 0.15) is 10.6 Å². The molecule has 0 atom stereocenters. The van der Waals surface area contributed by atoms with Gasteiger partial charge in [0.05, 0.1) is 18.6 Å². The van der Waals surface area contributed by atoms with Gasteiger partial charge in [0, 0.05) is 61.8 Å². The largest absolute Gasteiger partial charge is 0.405 e. The van der Waals surface area contributed by atoms with Gasteiger partial charge in [0.25, 0.3) is 0 Å². The Bertz CT molecular complexity index is 1210. The molecule has 0 saturated carbocycles. The van der Waals surface area contributed by atoms with E-state index in [1.165, 1.54) is 11.1 Å². The number of anilines is 1. The third-order valence-electron chi connectivity index (χ3n) is 6.18. The molecule has 0 unspecified atom stereocenters. The van der Waals surface area contributed by atoms with Crippen molar-refractivity contribution >= 4 is 39.4 Å². The van der Waals surface area contributed by atoms with Crippen LogP contribution in [-0.4, -0.2) is 73.3 Å². The summed E-state index contributed by atoms with van der Waals surface area (Å²) in [6.45, 7) is 7.87. The highest BCUT2D eigenvalue weighted by atomic mass is 32.1. The standard InChI is InChI=1S/C24H29N7O2S/c25-4-3-16-1-2-17(21(26)32)13-19(16)22-28-23(31-9-11-33-12-10-31)20-14-18(34-24(20)29-22)15-30-7-5-27-6-8-30/h1-4,13-14,27H,5-12,15,25H2,(H2,26,32)/b4-3-. The lowest BCUT2D eigenvalue weighted by Crippen LogP contribution is -2.42. The molecule has 0 aliphatic carbocycles. The Balaban J connectivity index is 1.62. The van der Waals surface area contributed by atoms with E-state index in [0.717, 1.165) is 73.0 Å². The van der Waals surface area contributed by atoms with E-state index in [1.54, 1.807) is 29.5 Å². The van der Waals surface area contributed by atoms with E-state index in [0.29, 0.717) is 24.6 Å². The molecule has 5 N–H and O–H groups in total. The van der Waals surface area contributed by atoms with Gasteiger partial charge in [-0.2, -0.15) is 0 Å².